The summed E-state index contributed by atoms with van der Waals surface area (Å²) in [5, 5.41) is 7.93. The van der Waals surface area contributed by atoms with Gasteiger partial charge in [0.2, 0.25) is 0 Å². The maximum atomic E-state index is 4.62. The normalized spacial score (nSPS) is 12.6. The molecule has 1 aromatic carbocycles. The minimum atomic E-state index is 0.352. The van der Waals surface area contributed by atoms with Crippen LogP contribution in [0, 0.1) is 0 Å². The lowest BCUT2D eigenvalue weighted by Gasteiger charge is -2.11. The standard InChI is InChI=1S/C14H19N3/c1-3-7-13(15-2)14-10-11-17(16-14)12-8-5-4-6-9-12/h4-6,8-11,13,15H,3,7H2,1-2H3. The zero-order chi connectivity index (χ0) is 12.1. The molecule has 0 aliphatic carbocycles. The van der Waals surface area contributed by atoms with Gasteiger partial charge in [0.15, 0.2) is 0 Å². The smallest absolute Gasteiger partial charge is 0.0798 e. The molecule has 0 amide bonds. The summed E-state index contributed by atoms with van der Waals surface area (Å²) in [6.45, 7) is 2.19. The number of nitrogens with zero attached hydrogens (tertiary/aromatic N) is 2. The van der Waals surface area contributed by atoms with Crippen LogP contribution in [0.5, 0.6) is 0 Å². The summed E-state index contributed by atoms with van der Waals surface area (Å²) in [4.78, 5) is 0. The molecule has 1 heterocycles. The molecule has 3 nitrogen and oxygen atoms in total. The molecule has 2 aromatic rings. The third-order valence-corrected chi connectivity index (χ3v) is 2.91. The molecule has 0 fully saturated rings. The van der Waals surface area contributed by atoms with Crippen molar-refractivity contribution in [2.24, 2.45) is 0 Å². The Morgan fingerprint density at radius 1 is 1.24 bits per heavy atom. The van der Waals surface area contributed by atoms with Crippen molar-refractivity contribution in [2.75, 3.05) is 7.05 Å². The van der Waals surface area contributed by atoms with Gasteiger partial charge in [0, 0.05) is 6.20 Å². The van der Waals surface area contributed by atoms with Gasteiger partial charge in [-0.1, -0.05) is 31.5 Å². The number of nitrogens with one attached hydrogen (secondary N) is 1. The highest BCUT2D eigenvalue weighted by atomic mass is 15.3. The van der Waals surface area contributed by atoms with Gasteiger partial charge in [-0.3, -0.25) is 0 Å². The van der Waals surface area contributed by atoms with Crippen LogP contribution in [0.25, 0.3) is 5.69 Å². The van der Waals surface area contributed by atoms with Gasteiger partial charge < -0.3 is 5.32 Å². The topological polar surface area (TPSA) is 29.9 Å². The van der Waals surface area contributed by atoms with E-state index in [1.54, 1.807) is 0 Å². The summed E-state index contributed by atoms with van der Waals surface area (Å²) in [7, 11) is 1.99. The Bertz CT molecular complexity index is 448. The van der Waals surface area contributed by atoms with E-state index in [4.69, 9.17) is 0 Å². The fraction of sp³-hybridized carbons (Fsp3) is 0.357. The van der Waals surface area contributed by atoms with Crippen molar-refractivity contribution in [1.29, 1.82) is 0 Å². The SMILES string of the molecule is CCCC(NC)c1ccn(-c2ccccc2)n1. The Balaban J connectivity index is 2.21. The van der Waals surface area contributed by atoms with Gasteiger partial charge in [-0.15, -0.1) is 0 Å². The molecule has 1 N–H and O–H groups in total. The number of aromatic nitrogens is 2. The van der Waals surface area contributed by atoms with E-state index in [1.165, 1.54) is 0 Å². The molecule has 0 aliphatic heterocycles. The van der Waals surface area contributed by atoms with Gasteiger partial charge in [-0.25, -0.2) is 4.68 Å². The summed E-state index contributed by atoms with van der Waals surface area (Å²) >= 11 is 0. The zero-order valence-electron chi connectivity index (χ0n) is 10.4. The third-order valence-electron chi connectivity index (χ3n) is 2.91. The number of rotatable bonds is 5. The van der Waals surface area contributed by atoms with Gasteiger partial charge in [0.1, 0.15) is 0 Å². The van der Waals surface area contributed by atoms with Crippen LogP contribution in [0.1, 0.15) is 31.5 Å². The van der Waals surface area contributed by atoms with Gasteiger partial charge in [-0.05, 0) is 31.7 Å². The molecule has 90 valence electrons. The van der Waals surface area contributed by atoms with Gasteiger partial charge in [-0.2, -0.15) is 5.10 Å². The van der Waals surface area contributed by atoms with E-state index in [2.05, 4.69) is 35.5 Å². The second-order valence-corrected chi connectivity index (χ2v) is 4.15. The minimum Gasteiger partial charge on any atom is -0.312 e. The molecule has 3 heteroatoms. The zero-order valence-corrected chi connectivity index (χ0v) is 10.4. The molecule has 0 saturated carbocycles. The lowest BCUT2D eigenvalue weighted by atomic mass is 10.1. The second-order valence-electron chi connectivity index (χ2n) is 4.15. The number of para-hydroxylation sites is 1. The van der Waals surface area contributed by atoms with Crippen molar-refractivity contribution in [3.63, 3.8) is 0 Å². The molecule has 1 aromatic heterocycles. The molecule has 0 saturated heterocycles. The highest BCUT2D eigenvalue weighted by molar-refractivity contribution is 5.30. The number of hydrogen-bond acceptors (Lipinski definition) is 2. The Hall–Kier alpha value is -1.61. The fourth-order valence-electron chi connectivity index (χ4n) is 1.98. The molecule has 1 unspecified atom stereocenters. The van der Waals surface area contributed by atoms with Crippen molar-refractivity contribution in [2.45, 2.75) is 25.8 Å². The summed E-state index contributed by atoms with van der Waals surface area (Å²) < 4.78 is 1.93. The predicted octanol–water partition coefficient (Wildman–Crippen LogP) is 2.93. The summed E-state index contributed by atoms with van der Waals surface area (Å²) in [5.41, 5.74) is 2.21. The molecule has 0 aliphatic rings. The first-order valence-corrected chi connectivity index (χ1v) is 6.13. The number of benzene rings is 1. The summed E-state index contributed by atoms with van der Waals surface area (Å²) in [6, 6.07) is 12.6. The van der Waals surface area contributed by atoms with E-state index in [1.807, 2.05) is 36.1 Å². The lowest BCUT2D eigenvalue weighted by molar-refractivity contribution is 0.524. The Kier molecular flexibility index (Phi) is 3.94. The highest BCUT2D eigenvalue weighted by Gasteiger charge is 2.11. The maximum absolute atomic E-state index is 4.62. The number of hydrogen-bond donors (Lipinski definition) is 1. The predicted molar refractivity (Wildman–Crippen MR) is 70.3 cm³/mol. The van der Waals surface area contributed by atoms with E-state index in [0.29, 0.717) is 6.04 Å². The average molecular weight is 229 g/mol. The van der Waals surface area contributed by atoms with E-state index < -0.39 is 0 Å². The van der Waals surface area contributed by atoms with Gasteiger partial charge in [0.05, 0.1) is 17.4 Å². The first-order valence-electron chi connectivity index (χ1n) is 6.13. The van der Waals surface area contributed by atoms with Crippen LogP contribution < -0.4 is 5.32 Å². The first-order chi connectivity index (χ1) is 8.35. The average Bonchev–Trinajstić information content (AvgIpc) is 2.86. The van der Waals surface area contributed by atoms with Crippen molar-refractivity contribution < 1.29 is 0 Å². The van der Waals surface area contributed by atoms with E-state index in [9.17, 15) is 0 Å². The van der Waals surface area contributed by atoms with Crippen LogP contribution in [-0.4, -0.2) is 16.8 Å². The second kappa shape index (κ2) is 5.64. The van der Waals surface area contributed by atoms with Crippen molar-refractivity contribution in [3.05, 3.63) is 48.3 Å². The summed E-state index contributed by atoms with van der Waals surface area (Å²) in [5.74, 6) is 0. The summed E-state index contributed by atoms with van der Waals surface area (Å²) in [6.07, 6.45) is 4.29. The Morgan fingerprint density at radius 3 is 2.65 bits per heavy atom. The highest BCUT2D eigenvalue weighted by Crippen LogP contribution is 2.17. The van der Waals surface area contributed by atoms with E-state index in [0.717, 1.165) is 24.2 Å². The Morgan fingerprint density at radius 2 is 2.00 bits per heavy atom. The van der Waals surface area contributed by atoms with Crippen molar-refractivity contribution >= 4 is 0 Å². The molecule has 17 heavy (non-hydrogen) atoms. The lowest BCUT2D eigenvalue weighted by Crippen LogP contribution is -2.16. The van der Waals surface area contributed by atoms with Crippen LogP contribution in [-0.2, 0) is 0 Å². The van der Waals surface area contributed by atoms with Crippen molar-refractivity contribution in [1.82, 2.24) is 15.1 Å². The largest absolute Gasteiger partial charge is 0.312 e. The fourth-order valence-corrected chi connectivity index (χ4v) is 1.98. The van der Waals surface area contributed by atoms with Crippen molar-refractivity contribution in [3.8, 4) is 5.69 Å². The molecular weight excluding hydrogens is 210 g/mol. The van der Waals surface area contributed by atoms with Gasteiger partial charge in [0.25, 0.3) is 0 Å². The van der Waals surface area contributed by atoms with E-state index >= 15 is 0 Å². The van der Waals surface area contributed by atoms with Crippen LogP contribution in [0.4, 0.5) is 0 Å². The molecule has 0 bridgehead atoms. The van der Waals surface area contributed by atoms with Crippen LogP contribution >= 0.6 is 0 Å². The van der Waals surface area contributed by atoms with Crippen LogP contribution in [0.2, 0.25) is 0 Å². The molecule has 1 atom stereocenters. The molecular formula is C14H19N3. The molecule has 0 radical (unpaired) electrons. The molecule has 2 rings (SSSR count). The van der Waals surface area contributed by atoms with E-state index in [-0.39, 0.29) is 0 Å². The van der Waals surface area contributed by atoms with Crippen LogP contribution in [0.3, 0.4) is 0 Å². The first kappa shape index (κ1) is 11.9. The quantitative estimate of drug-likeness (QED) is 0.854. The van der Waals surface area contributed by atoms with Crippen LogP contribution in [0.15, 0.2) is 42.6 Å². The third kappa shape index (κ3) is 2.74. The van der Waals surface area contributed by atoms with Gasteiger partial charge >= 0.3 is 0 Å². The maximum Gasteiger partial charge on any atom is 0.0798 e. The minimum absolute atomic E-state index is 0.352. The monoisotopic (exact) mass is 229 g/mol. The Labute approximate surface area is 102 Å². The molecule has 0 spiro atoms.